The van der Waals surface area contributed by atoms with Crippen molar-refractivity contribution in [2.45, 2.75) is 51.2 Å². The Labute approximate surface area is 172 Å². The van der Waals surface area contributed by atoms with E-state index in [1.54, 1.807) is 50.2 Å². The van der Waals surface area contributed by atoms with E-state index in [1.807, 2.05) is 13.8 Å². The number of carbonyl (C=O) groups is 1. The Balaban J connectivity index is 2.44. The molecule has 2 aromatic carbocycles. The van der Waals surface area contributed by atoms with Gasteiger partial charge in [-0.15, -0.1) is 0 Å². The van der Waals surface area contributed by atoms with Crippen LogP contribution in [-0.2, 0) is 14.8 Å². The van der Waals surface area contributed by atoms with Gasteiger partial charge in [-0.2, -0.15) is 0 Å². The molecule has 2 rings (SSSR count). The van der Waals surface area contributed by atoms with E-state index >= 15 is 0 Å². The Morgan fingerprint density at radius 1 is 1.07 bits per heavy atom. The molecule has 0 aromatic heterocycles. The van der Waals surface area contributed by atoms with E-state index in [-0.39, 0.29) is 22.6 Å². The molecule has 0 radical (unpaired) electrons. The summed E-state index contributed by atoms with van der Waals surface area (Å²) in [6.07, 6.45) is 0.501. The SMILES string of the molecule is CCC(C)Nc1ccc(C(=O)OC(C)C)cc1S(=O)(=O)Nc1ccc(OC)cc1. The van der Waals surface area contributed by atoms with Crippen LogP contribution in [0.3, 0.4) is 0 Å². The van der Waals surface area contributed by atoms with Gasteiger partial charge >= 0.3 is 5.97 Å². The zero-order valence-electron chi connectivity index (χ0n) is 17.4. The largest absolute Gasteiger partial charge is 0.497 e. The van der Waals surface area contributed by atoms with Crippen LogP contribution in [0.2, 0.25) is 0 Å². The molecule has 0 aliphatic rings. The van der Waals surface area contributed by atoms with E-state index in [1.165, 1.54) is 13.2 Å². The van der Waals surface area contributed by atoms with E-state index in [4.69, 9.17) is 9.47 Å². The van der Waals surface area contributed by atoms with Crippen molar-refractivity contribution < 1.29 is 22.7 Å². The van der Waals surface area contributed by atoms with Crippen LogP contribution in [-0.4, -0.2) is 33.6 Å². The molecule has 0 heterocycles. The van der Waals surface area contributed by atoms with Gasteiger partial charge in [0.25, 0.3) is 10.0 Å². The number of esters is 1. The summed E-state index contributed by atoms with van der Waals surface area (Å²) < 4.78 is 39.1. The first-order valence-electron chi connectivity index (χ1n) is 9.44. The number of benzene rings is 2. The molecule has 0 aliphatic heterocycles. The average molecular weight is 421 g/mol. The Hall–Kier alpha value is -2.74. The number of methoxy groups -OCH3 is 1. The topological polar surface area (TPSA) is 93.7 Å². The fraction of sp³-hybridized carbons (Fsp3) is 0.381. The third kappa shape index (κ3) is 6.12. The number of hydrogen-bond donors (Lipinski definition) is 2. The van der Waals surface area contributed by atoms with Gasteiger partial charge in [0.05, 0.1) is 24.5 Å². The third-order valence-electron chi connectivity index (χ3n) is 4.21. The first-order valence-corrected chi connectivity index (χ1v) is 10.9. The molecule has 29 heavy (non-hydrogen) atoms. The van der Waals surface area contributed by atoms with Crippen molar-refractivity contribution in [2.75, 3.05) is 17.1 Å². The van der Waals surface area contributed by atoms with Crippen LogP contribution >= 0.6 is 0 Å². The predicted octanol–water partition coefficient (Wildman–Crippen LogP) is 4.27. The highest BCUT2D eigenvalue weighted by Gasteiger charge is 2.23. The summed E-state index contributed by atoms with van der Waals surface area (Å²) in [5.41, 5.74) is 0.973. The lowest BCUT2D eigenvalue weighted by molar-refractivity contribution is 0.0377. The van der Waals surface area contributed by atoms with Gasteiger partial charge in [-0.3, -0.25) is 4.72 Å². The van der Waals surface area contributed by atoms with E-state index < -0.39 is 16.0 Å². The molecule has 0 saturated carbocycles. The fourth-order valence-corrected chi connectivity index (χ4v) is 3.76. The number of carbonyl (C=O) groups excluding carboxylic acids is 1. The van der Waals surface area contributed by atoms with Crippen molar-refractivity contribution in [1.82, 2.24) is 0 Å². The molecule has 0 aliphatic carbocycles. The maximum Gasteiger partial charge on any atom is 0.338 e. The fourth-order valence-electron chi connectivity index (χ4n) is 2.51. The van der Waals surface area contributed by atoms with Crippen molar-refractivity contribution in [3.63, 3.8) is 0 Å². The molecule has 0 bridgehead atoms. The molecule has 0 spiro atoms. The van der Waals surface area contributed by atoms with Gasteiger partial charge in [0.15, 0.2) is 0 Å². The minimum Gasteiger partial charge on any atom is -0.497 e. The quantitative estimate of drug-likeness (QED) is 0.589. The molecule has 1 unspecified atom stereocenters. The van der Waals surface area contributed by atoms with Gasteiger partial charge < -0.3 is 14.8 Å². The zero-order valence-corrected chi connectivity index (χ0v) is 18.2. The van der Waals surface area contributed by atoms with Crippen LogP contribution in [0.5, 0.6) is 5.75 Å². The zero-order chi connectivity index (χ0) is 21.6. The van der Waals surface area contributed by atoms with Gasteiger partial charge in [0, 0.05) is 11.7 Å². The molecule has 0 saturated heterocycles. The van der Waals surface area contributed by atoms with Crippen LogP contribution < -0.4 is 14.8 Å². The van der Waals surface area contributed by atoms with Crippen LogP contribution in [0, 0.1) is 0 Å². The first kappa shape index (κ1) is 22.5. The van der Waals surface area contributed by atoms with Gasteiger partial charge in [0.1, 0.15) is 10.6 Å². The van der Waals surface area contributed by atoms with E-state index in [0.717, 1.165) is 6.42 Å². The number of hydrogen-bond acceptors (Lipinski definition) is 6. The van der Waals surface area contributed by atoms with Crippen molar-refractivity contribution in [3.8, 4) is 5.75 Å². The van der Waals surface area contributed by atoms with Crippen LogP contribution in [0.4, 0.5) is 11.4 Å². The molecule has 0 fully saturated rings. The second kappa shape index (κ2) is 9.65. The van der Waals surface area contributed by atoms with Crippen molar-refractivity contribution in [2.24, 2.45) is 0 Å². The Kier molecular flexibility index (Phi) is 7.50. The number of rotatable bonds is 9. The minimum absolute atomic E-state index is 0.0215. The third-order valence-corrected chi connectivity index (χ3v) is 5.63. The summed E-state index contributed by atoms with van der Waals surface area (Å²) in [7, 11) is -2.43. The number of ether oxygens (including phenoxy) is 2. The van der Waals surface area contributed by atoms with Crippen LogP contribution in [0.25, 0.3) is 0 Å². The summed E-state index contributed by atoms with van der Waals surface area (Å²) in [6, 6.07) is 11.1. The highest BCUT2D eigenvalue weighted by molar-refractivity contribution is 7.92. The summed E-state index contributed by atoms with van der Waals surface area (Å²) >= 11 is 0. The predicted molar refractivity (Wildman–Crippen MR) is 114 cm³/mol. The molecule has 8 heteroatoms. The Morgan fingerprint density at radius 2 is 1.72 bits per heavy atom. The standard InChI is InChI=1S/C21H28N2O5S/c1-6-15(4)22-19-12-7-16(21(24)28-14(2)3)13-20(19)29(25,26)23-17-8-10-18(27-5)11-9-17/h7-15,22-23H,6H2,1-5H3. The lowest BCUT2D eigenvalue weighted by Gasteiger charge is -2.18. The number of anilines is 2. The maximum atomic E-state index is 13.1. The molecule has 1 atom stereocenters. The van der Waals surface area contributed by atoms with Crippen molar-refractivity contribution in [3.05, 3.63) is 48.0 Å². The van der Waals surface area contributed by atoms with E-state index in [2.05, 4.69) is 10.0 Å². The van der Waals surface area contributed by atoms with Crippen LogP contribution in [0.15, 0.2) is 47.4 Å². The molecular formula is C21H28N2O5S. The van der Waals surface area contributed by atoms with E-state index in [9.17, 15) is 13.2 Å². The molecular weight excluding hydrogens is 392 g/mol. The average Bonchev–Trinajstić information content (AvgIpc) is 2.67. The molecule has 158 valence electrons. The summed E-state index contributed by atoms with van der Waals surface area (Å²) in [5.74, 6) is 0.0430. The molecule has 7 nitrogen and oxygen atoms in total. The minimum atomic E-state index is -3.96. The lowest BCUT2D eigenvalue weighted by Crippen LogP contribution is -2.20. The van der Waals surface area contributed by atoms with Gasteiger partial charge in [-0.05, 0) is 69.7 Å². The van der Waals surface area contributed by atoms with Crippen molar-refractivity contribution in [1.29, 1.82) is 0 Å². The summed E-state index contributed by atoms with van der Waals surface area (Å²) in [4.78, 5) is 12.3. The van der Waals surface area contributed by atoms with Gasteiger partial charge in [-0.25, -0.2) is 13.2 Å². The van der Waals surface area contributed by atoms with Crippen molar-refractivity contribution >= 4 is 27.4 Å². The highest BCUT2D eigenvalue weighted by Crippen LogP contribution is 2.27. The Bertz CT molecular complexity index is 940. The second-order valence-corrected chi connectivity index (χ2v) is 8.60. The van der Waals surface area contributed by atoms with Crippen LogP contribution in [0.1, 0.15) is 44.5 Å². The number of nitrogens with one attached hydrogen (secondary N) is 2. The van der Waals surface area contributed by atoms with Gasteiger partial charge in [-0.1, -0.05) is 6.92 Å². The van der Waals surface area contributed by atoms with E-state index in [0.29, 0.717) is 17.1 Å². The molecule has 0 amide bonds. The maximum absolute atomic E-state index is 13.1. The lowest BCUT2D eigenvalue weighted by atomic mass is 10.2. The second-order valence-electron chi connectivity index (χ2n) is 6.95. The van der Waals surface area contributed by atoms with Gasteiger partial charge in [0.2, 0.25) is 0 Å². The molecule has 2 aromatic rings. The summed E-state index contributed by atoms with van der Waals surface area (Å²) in [5, 5.41) is 3.19. The smallest absolute Gasteiger partial charge is 0.338 e. The normalized spacial score (nSPS) is 12.3. The first-order chi connectivity index (χ1) is 13.7. The number of sulfonamides is 1. The highest BCUT2D eigenvalue weighted by atomic mass is 32.2. The summed E-state index contributed by atoms with van der Waals surface area (Å²) in [6.45, 7) is 7.42. The monoisotopic (exact) mass is 420 g/mol. The molecule has 2 N–H and O–H groups in total. The Morgan fingerprint density at radius 3 is 2.28 bits per heavy atom.